The molecule has 1 aromatic carbocycles. The second-order valence-electron chi connectivity index (χ2n) is 9.11. The van der Waals surface area contributed by atoms with Gasteiger partial charge in [-0.2, -0.15) is 26.3 Å². The second-order valence-corrected chi connectivity index (χ2v) is 9.49. The van der Waals surface area contributed by atoms with Gasteiger partial charge in [0.15, 0.2) is 5.69 Å². The SMILES string of the molecule is Cc1cc(C)c(-n2c(Cl)cn3c(CC(NCC(F)(F)F)C4CCC4)c(C(F)(F)F)nc23)c(C)c1. The number of imidazole rings is 2. The molecule has 1 unspecified atom stereocenters. The van der Waals surface area contributed by atoms with Crippen molar-refractivity contribution >= 4 is 17.4 Å². The molecule has 1 atom stereocenters. The molecule has 1 fully saturated rings. The predicted molar refractivity (Wildman–Crippen MR) is 118 cm³/mol. The van der Waals surface area contributed by atoms with Gasteiger partial charge in [-0.3, -0.25) is 8.97 Å². The summed E-state index contributed by atoms with van der Waals surface area (Å²) in [5, 5.41) is 2.61. The van der Waals surface area contributed by atoms with Crippen molar-refractivity contribution in [1.82, 2.24) is 19.3 Å². The standard InChI is InChI=1S/C23H25ClF6N4/c1-12-7-13(2)19(14(3)8-12)34-18(24)10-33-17(20(23(28,29)30)32-21(33)34)9-16(15-5-4-6-15)31-11-22(25,26)27/h7-8,10,15-16,31H,4-6,9,11H2,1-3H3. The smallest absolute Gasteiger partial charge is 0.305 e. The molecule has 0 amide bonds. The minimum atomic E-state index is -4.77. The van der Waals surface area contributed by atoms with Crippen LogP contribution in [0.1, 0.15) is 47.3 Å². The highest BCUT2D eigenvalue weighted by Gasteiger charge is 2.41. The highest BCUT2D eigenvalue weighted by molar-refractivity contribution is 6.30. The first kappa shape index (κ1) is 24.9. The lowest BCUT2D eigenvalue weighted by molar-refractivity contribution is -0.141. The molecule has 1 aliphatic carbocycles. The zero-order chi connectivity index (χ0) is 25.0. The fourth-order valence-electron chi connectivity index (χ4n) is 4.86. The molecule has 4 nitrogen and oxygen atoms in total. The summed E-state index contributed by atoms with van der Waals surface area (Å²) < 4.78 is 83.4. The number of alkyl halides is 6. The summed E-state index contributed by atoms with van der Waals surface area (Å²) in [4.78, 5) is 3.92. The van der Waals surface area contributed by atoms with E-state index in [2.05, 4.69) is 10.3 Å². The minimum Gasteiger partial charge on any atom is -0.305 e. The fourth-order valence-corrected chi connectivity index (χ4v) is 5.12. The largest absolute Gasteiger partial charge is 0.435 e. The summed E-state index contributed by atoms with van der Waals surface area (Å²) in [7, 11) is 0. The molecule has 2 aromatic heterocycles. The van der Waals surface area contributed by atoms with Gasteiger partial charge >= 0.3 is 12.4 Å². The summed E-state index contributed by atoms with van der Waals surface area (Å²) in [6, 6.07) is 3.04. The Balaban J connectivity index is 1.84. The number of nitrogens with zero attached hydrogens (tertiary/aromatic N) is 3. The third kappa shape index (κ3) is 4.79. The van der Waals surface area contributed by atoms with E-state index in [1.807, 2.05) is 32.9 Å². The Morgan fingerprint density at radius 1 is 1.09 bits per heavy atom. The molecule has 2 heterocycles. The zero-order valence-electron chi connectivity index (χ0n) is 18.9. The van der Waals surface area contributed by atoms with E-state index < -0.39 is 30.6 Å². The molecule has 186 valence electrons. The molecule has 0 spiro atoms. The molecule has 1 saturated carbocycles. The lowest BCUT2D eigenvalue weighted by Gasteiger charge is -2.35. The van der Waals surface area contributed by atoms with Gasteiger partial charge in [-0.05, 0) is 50.7 Å². The first-order chi connectivity index (χ1) is 15.8. The van der Waals surface area contributed by atoms with Crippen LogP contribution in [0.4, 0.5) is 26.3 Å². The predicted octanol–water partition coefficient (Wildman–Crippen LogP) is 6.59. The van der Waals surface area contributed by atoms with Gasteiger partial charge < -0.3 is 5.32 Å². The van der Waals surface area contributed by atoms with Crippen molar-refractivity contribution in [3.8, 4) is 5.69 Å². The van der Waals surface area contributed by atoms with Gasteiger partial charge in [0, 0.05) is 18.7 Å². The van der Waals surface area contributed by atoms with Crippen molar-refractivity contribution in [2.75, 3.05) is 6.54 Å². The topological polar surface area (TPSA) is 34.3 Å². The summed E-state index contributed by atoms with van der Waals surface area (Å²) in [5.41, 5.74) is 1.95. The van der Waals surface area contributed by atoms with Crippen molar-refractivity contribution in [2.24, 2.45) is 5.92 Å². The number of benzene rings is 1. The Morgan fingerprint density at radius 2 is 1.71 bits per heavy atom. The fraction of sp³-hybridized carbons (Fsp3) is 0.522. The van der Waals surface area contributed by atoms with Crippen LogP contribution in [0.5, 0.6) is 0 Å². The van der Waals surface area contributed by atoms with E-state index in [1.165, 1.54) is 15.2 Å². The van der Waals surface area contributed by atoms with Crippen LogP contribution in [0, 0.1) is 26.7 Å². The minimum absolute atomic E-state index is 0.0226. The summed E-state index contributed by atoms with van der Waals surface area (Å²) in [6.07, 6.45) is -5.95. The van der Waals surface area contributed by atoms with E-state index in [4.69, 9.17) is 11.6 Å². The van der Waals surface area contributed by atoms with E-state index in [-0.39, 0.29) is 29.0 Å². The van der Waals surface area contributed by atoms with Crippen molar-refractivity contribution in [3.05, 3.63) is 51.6 Å². The highest BCUT2D eigenvalue weighted by Crippen LogP contribution is 2.38. The zero-order valence-corrected chi connectivity index (χ0v) is 19.7. The quantitative estimate of drug-likeness (QED) is 0.383. The lowest BCUT2D eigenvalue weighted by atomic mass is 9.78. The van der Waals surface area contributed by atoms with E-state index >= 15 is 0 Å². The maximum absolute atomic E-state index is 14.0. The third-order valence-corrected chi connectivity index (χ3v) is 6.73. The van der Waals surface area contributed by atoms with Gasteiger partial charge in [0.05, 0.1) is 17.9 Å². The highest BCUT2D eigenvalue weighted by atomic mass is 35.5. The molecule has 0 saturated heterocycles. The van der Waals surface area contributed by atoms with Crippen LogP contribution in [-0.2, 0) is 12.6 Å². The van der Waals surface area contributed by atoms with Crippen molar-refractivity contribution in [3.63, 3.8) is 0 Å². The molecule has 1 N–H and O–H groups in total. The average molecular weight is 507 g/mol. The maximum atomic E-state index is 14.0. The van der Waals surface area contributed by atoms with Crippen LogP contribution in [0.25, 0.3) is 11.5 Å². The van der Waals surface area contributed by atoms with Gasteiger partial charge in [-0.15, -0.1) is 0 Å². The van der Waals surface area contributed by atoms with Crippen molar-refractivity contribution in [1.29, 1.82) is 0 Å². The molecule has 0 aliphatic heterocycles. The molecule has 0 radical (unpaired) electrons. The number of aromatic nitrogens is 3. The molecule has 3 aromatic rings. The summed E-state index contributed by atoms with van der Waals surface area (Å²) in [6.45, 7) is 4.33. The van der Waals surface area contributed by atoms with Gasteiger partial charge in [0.25, 0.3) is 0 Å². The van der Waals surface area contributed by atoms with E-state index in [0.717, 1.165) is 23.1 Å². The van der Waals surface area contributed by atoms with Gasteiger partial charge in [-0.25, -0.2) is 4.98 Å². The van der Waals surface area contributed by atoms with Crippen LogP contribution < -0.4 is 5.32 Å². The van der Waals surface area contributed by atoms with E-state index in [1.54, 1.807) is 0 Å². The normalized spacial score (nSPS) is 16.3. The number of nitrogens with one attached hydrogen (secondary N) is 1. The van der Waals surface area contributed by atoms with Crippen LogP contribution in [0.15, 0.2) is 18.3 Å². The molecular formula is C23H25ClF6N4. The van der Waals surface area contributed by atoms with Crippen molar-refractivity contribution in [2.45, 2.75) is 64.8 Å². The Bertz CT molecular complexity index is 1180. The van der Waals surface area contributed by atoms with Gasteiger partial charge in [0.2, 0.25) is 5.78 Å². The first-order valence-electron chi connectivity index (χ1n) is 11.0. The molecule has 1 aliphatic rings. The molecule has 4 rings (SSSR count). The number of fused-ring (bicyclic) bond motifs is 1. The molecule has 34 heavy (non-hydrogen) atoms. The molecule has 11 heteroatoms. The first-order valence-corrected chi connectivity index (χ1v) is 11.4. The van der Waals surface area contributed by atoms with Gasteiger partial charge in [0.1, 0.15) is 5.15 Å². The summed E-state index contributed by atoms with van der Waals surface area (Å²) >= 11 is 6.48. The van der Waals surface area contributed by atoms with Gasteiger partial charge in [-0.1, -0.05) is 35.7 Å². The lowest BCUT2D eigenvalue weighted by Crippen LogP contribution is -2.45. The van der Waals surface area contributed by atoms with E-state index in [9.17, 15) is 26.3 Å². The molecule has 0 bridgehead atoms. The van der Waals surface area contributed by atoms with Crippen LogP contribution in [0.2, 0.25) is 5.15 Å². The number of hydrogen-bond acceptors (Lipinski definition) is 2. The van der Waals surface area contributed by atoms with E-state index in [0.29, 0.717) is 18.5 Å². The van der Waals surface area contributed by atoms with Crippen LogP contribution in [-0.4, -0.2) is 32.7 Å². The van der Waals surface area contributed by atoms with Crippen LogP contribution in [0.3, 0.4) is 0 Å². The second kappa shape index (κ2) is 8.78. The Hall–Kier alpha value is -2.20. The number of rotatable bonds is 6. The monoisotopic (exact) mass is 506 g/mol. The Morgan fingerprint density at radius 3 is 2.21 bits per heavy atom. The average Bonchev–Trinajstić information content (AvgIpc) is 3.13. The number of aryl methyl sites for hydroxylation is 3. The third-order valence-electron chi connectivity index (χ3n) is 6.46. The summed E-state index contributed by atoms with van der Waals surface area (Å²) in [5.74, 6) is -0.154. The van der Waals surface area contributed by atoms with Crippen LogP contribution >= 0.6 is 11.6 Å². The maximum Gasteiger partial charge on any atom is 0.435 e. The number of hydrogen-bond donors (Lipinski definition) is 1. The van der Waals surface area contributed by atoms with Crippen molar-refractivity contribution < 1.29 is 26.3 Å². The Labute approximate surface area is 197 Å². The number of halogens is 7. The Kier molecular flexibility index (Phi) is 6.44. The molecular weight excluding hydrogens is 482 g/mol.